The lowest BCUT2D eigenvalue weighted by Gasteiger charge is -2.35. The number of carboxylic acids is 1. The monoisotopic (exact) mass is 569 g/mol. The number of aliphatic hydroxyl groups excluding tert-OH is 1. The molecule has 0 fully saturated rings. The maximum atomic E-state index is 12.8. The molecule has 0 unspecified atom stereocenters. The molecule has 0 aliphatic carbocycles. The fraction of sp³-hybridized carbons (Fsp3) is 0.345. The molecular weight excluding hydrogens is 534 g/mol. The minimum atomic E-state index is -4.19. The lowest BCUT2D eigenvalue weighted by Crippen LogP contribution is -2.43. The zero-order chi connectivity index (χ0) is 29.3. The Bertz CT molecular complexity index is 1380. The van der Waals surface area contributed by atoms with Crippen molar-refractivity contribution >= 4 is 27.8 Å². The molecule has 10 nitrogen and oxygen atoms in total. The molecule has 0 aromatic heterocycles. The lowest BCUT2D eigenvalue weighted by molar-refractivity contribution is -0.135. The van der Waals surface area contributed by atoms with Crippen molar-refractivity contribution in [2.75, 3.05) is 26.2 Å². The Kier molecular flexibility index (Phi) is 10.2. The van der Waals surface area contributed by atoms with E-state index >= 15 is 0 Å². The van der Waals surface area contributed by atoms with Gasteiger partial charge in [0, 0.05) is 43.7 Å². The Morgan fingerprint density at radius 2 is 1.60 bits per heavy atom. The van der Waals surface area contributed by atoms with Crippen LogP contribution in [-0.2, 0) is 37.2 Å². The number of carbonyl (C=O) groups excluding carboxylic acids is 2. The first kappa shape index (κ1) is 30.6. The van der Waals surface area contributed by atoms with E-state index in [1.54, 1.807) is 26.0 Å². The maximum Gasteiger partial charge on any atom is 0.352 e. The zero-order valence-electron chi connectivity index (χ0n) is 22.6. The second-order valence-corrected chi connectivity index (χ2v) is 12.1. The van der Waals surface area contributed by atoms with Crippen LogP contribution in [0.3, 0.4) is 0 Å². The second kappa shape index (κ2) is 13.4. The zero-order valence-corrected chi connectivity index (χ0v) is 23.4. The summed E-state index contributed by atoms with van der Waals surface area (Å²) in [4.78, 5) is 37.8. The van der Waals surface area contributed by atoms with Crippen molar-refractivity contribution in [3.8, 4) is 0 Å². The van der Waals surface area contributed by atoms with Gasteiger partial charge in [-0.05, 0) is 48.3 Å². The van der Waals surface area contributed by atoms with E-state index in [0.717, 1.165) is 11.1 Å². The van der Waals surface area contributed by atoms with Crippen molar-refractivity contribution in [1.29, 1.82) is 0 Å². The number of rotatable bonds is 13. The van der Waals surface area contributed by atoms with Crippen molar-refractivity contribution < 1.29 is 33.0 Å². The van der Waals surface area contributed by atoms with Gasteiger partial charge in [-0.2, -0.15) is 0 Å². The first-order valence-electron chi connectivity index (χ1n) is 12.9. The fourth-order valence-corrected chi connectivity index (χ4v) is 5.10. The van der Waals surface area contributed by atoms with Gasteiger partial charge in [-0.1, -0.05) is 56.3 Å². The molecule has 2 amide bonds. The Morgan fingerprint density at radius 3 is 2.23 bits per heavy atom. The third-order valence-electron chi connectivity index (χ3n) is 6.38. The number of amides is 2. The number of nitrogens with one attached hydrogen (secondary N) is 2. The summed E-state index contributed by atoms with van der Waals surface area (Å²) in [5, 5.41) is 21.9. The molecule has 1 aliphatic heterocycles. The van der Waals surface area contributed by atoms with Crippen LogP contribution in [0.4, 0.5) is 0 Å². The Balaban J connectivity index is 1.55. The van der Waals surface area contributed by atoms with E-state index in [4.69, 9.17) is 0 Å². The summed E-state index contributed by atoms with van der Waals surface area (Å²) in [6.45, 7) is 3.72. The van der Waals surface area contributed by atoms with Crippen LogP contribution < -0.4 is 10.0 Å². The molecule has 0 spiro atoms. The van der Waals surface area contributed by atoms with Gasteiger partial charge in [-0.3, -0.25) is 9.59 Å². The minimum Gasteiger partial charge on any atom is -0.477 e. The maximum absolute atomic E-state index is 12.8. The molecule has 11 heteroatoms. The van der Waals surface area contributed by atoms with Crippen molar-refractivity contribution in [3.05, 3.63) is 89.1 Å². The van der Waals surface area contributed by atoms with Crippen LogP contribution in [0.2, 0.25) is 0 Å². The van der Waals surface area contributed by atoms with Gasteiger partial charge < -0.3 is 20.4 Å². The van der Waals surface area contributed by atoms with Gasteiger partial charge in [0.1, 0.15) is 5.70 Å². The van der Waals surface area contributed by atoms with Crippen LogP contribution in [0.25, 0.3) is 0 Å². The fourth-order valence-electron chi connectivity index (χ4n) is 4.11. The van der Waals surface area contributed by atoms with Gasteiger partial charge in [-0.15, -0.1) is 0 Å². The van der Waals surface area contributed by atoms with Crippen LogP contribution >= 0.6 is 0 Å². The predicted molar refractivity (Wildman–Crippen MR) is 149 cm³/mol. The summed E-state index contributed by atoms with van der Waals surface area (Å²) in [7, 11) is -4.19. The number of aryl methyl sites for hydroxylation is 1. The van der Waals surface area contributed by atoms with Crippen LogP contribution in [0.1, 0.15) is 31.4 Å². The number of aliphatic carboxylic acids is 1. The number of sulfonamides is 1. The summed E-state index contributed by atoms with van der Waals surface area (Å²) in [6, 6.07) is 15.7. The van der Waals surface area contributed by atoms with E-state index in [-0.39, 0.29) is 41.8 Å². The second-order valence-electron chi connectivity index (χ2n) is 10.4. The van der Waals surface area contributed by atoms with Crippen LogP contribution in [0.15, 0.2) is 82.9 Å². The molecule has 0 saturated carbocycles. The average molecular weight is 570 g/mol. The summed E-state index contributed by atoms with van der Waals surface area (Å²) in [5.74, 6) is -2.12. The van der Waals surface area contributed by atoms with Gasteiger partial charge in [-0.25, -0.2) is 17.9 Å². The Morgan fingerprint density at radius 1 is 0.950 bits per heavy atom. The summed E-state index contributed by atoms with van der Waals surface area (Å²) in [6.07, 6.45) is 4.07. The summed E-state index contributed by atoms with van der Waals surface area (Å²) >= 11 is 0. The Labute approximate surface area is 234 Å². The SMILES string of the molecule is CC(C)(CO)CN1CC(C(=O)NS(=O)(=O)c2ccc(CCNC(=O)CCc3ccccc3)cc2)=CC=C1C(=O)O. The van der Waals surface area contributed by atoms with Crippen LogP contribution in [0, 0.1) is 5.41 Å². The van der Waals surface area contributed by atoms with Gasteiger partial charge >= 0.3 is 5.97 Å². The number of aliphatic hydroxyl groups is 1. The highest BCUT2D eigenvalue weighted by molar-refractivity contribution is 7.90. The molecular formula is C29H35N3O7S. The molecule has 2 aromatic carbocycles. The van der Waals surface area contributed by atoms with E-state index in [9.17, 15) is 33.0 Å². The molecule has 3 rings (SSSR count). The van der Waals surface area contributed by atoms with Gasteiger partial charge in [0.25, 0.3) is 15.9 Å². The first-order chi connectivity index (χ1) is 18.9. The number of hydrogen-bond acceptors (Lipinski definition) is 7. The minimum absolute atomic E-state index is 0.0519. The molecule has 0 radical (unpaired) electrons. The predicted octanol–water partition coefficient (Wildman–Crippen LogP) is 2.01. The molecule has 0 bridgehead atoms. The number of nitrogens with zero attached hydrogens (tertiary/aromatic N) is 1. The standard InChI is InChI=1S/C29H35N3O7S/c1-29(2,20-33)19-32-18-23(11-14-25(32)28(36)37)27(35)31-40(38,39)24-12-8-22(9-13-24)16-17-30-26(34)15-10-21-6-4-3-5-7-21/h3-9,11-14,33H,10,15-20H2,1-2H3,(H,30,34)(H,31,35)(H,36,37). The highest BCUT2D eigenvalue weighted by atomic mass is 32.2. The average Bonchev–Trinajstić information content (AvgIpc) is 2.92. The van der Waals surface area contributed by atoms with Crippen molar-refractivity contribution in [2.24, 2.45) is 5.41 Å². The van der Waals surface area contributed by atoms with Crippen molar-refractivity contribution in [2.45, 2.75) is 38.0 Å². The molecule has 0 saturated heterocycles. The quantitative estimate of drug-likeness (QED) is 0.286. The molecule has 1 heterocycles. The van der Waals surface area contributed by atoms with E-state index in [1.807, 2.05) is 35.1 Å². The van der Waals surface area contributed by atoms with E-state index in [2.05, 4.69) is 5.32 Å². The van der Waals surface area contributed by atoms with Gasteiger partial charge in [0.05, 0.1) is 4.90 Å². The lowest BCUT2D eigenvalue weighted by atomic mass is 9.93. The number of carboxylic acid groups (broad SMARTS) is 1. The van der Waals surface area contributed by atoms with E-state index < -0.39 is 27.3 Å². The number of benzene rings is 2. The highest BCUT2D eigenvalue weighted by Gasteiger charge is 2.30. The van der Waals surface area contributed by atoms with Crippen LogP contribution in [0.5, 0.6) is 0 Å². The van der Waals surface area contributed by atoms with E-state index in [1.165, 1.54) is 29.2 Å². The molecule has 2 aromatic rings. The molecule has 40 heavy (non-hydrogen) atoms. The molecule has 214 valence electrons. The van der Waals surface area contributed by atoms with Crippen LogP contribution in [-0.4, -0.2) is 67.6 Å². The third-order valence-corrected chi connectivity index (χ3v) is 7.73. The molecule has 4 N–H and O–H groups in total. The van der Waals surface area contributed by atoms with Gasteiger partial charge in [0.15, 0.2) is 0 Å². The topological polar surface area (TPSA) is 153 Å². The van der Waals surface area contributed by atoms with Crippen molar-refractivity contribution in [1.82, 2.24) is 14.9 Å². The Hall–Kier alpha value is -3.96. The summed E-state index contributed by atoms with van der Waals surface area (Å²) < 4.78 is 27.7. The number of allylic oxidation sites excluding steroid dienone is 2. The summed E-state index contributed by atoms with van der Waals surface area (Å²) in [5.41, 5.74) is 1.28. The first-order valence-corrected chi connectivity index (χ1v) is 14.4. The highest BCUT2D eigenvalue weighted by Crippen LogP contribution is 2.23. The van der Waals surface area contributed by atoms with E-state index in [0.29, 0.717) is 25.8 Å². The number of hydrogen-bond donors (Lipinski definition) is 4. The van der Waals surface area contributed by atoms with Gasteiger partial charge in [0.2, 0.25) is 5.91 Å². The molecule has 1 aliphatic rings. The number of carbonyl (C=O) groups is 3. The third kappa shape index (κ3) is 8.78. The largest absolute Gasteiger partial charge is 0.477 e. The smallest absolute Gasteiger partial charge is 0.352 e. The van der Waals surface area contributed by atoms with Crippen molar-refractivity contribution in [3.63, 3.8) is 0 Å². The molecule has 0 atom stereocenters. The normalized spacial score (nSPS) is 13.7.